The number of piperazine rings is 1. The average molecular weight is 280 g/mol. The van der Waals surface area contributed by atoms with Crippen molar-refractivity contribution in [3.63, 3.8) is 0 Å². The molecule has 1 fully saturated rings. The number of ether oxygens (including phenoxy) is 1. The van der Waals surface area contributed by atoms with Crippen LogP contribution in [-0.2, 0) is 4.74 Å². The normalized spacial score (nSPS) is 15.3. The molecular formula is C13H20N4O3. The van der Waals surface area contributed by atoms with Crippen LogP contribution in [0.1, 0.15) is 18.4 Å². The van der Waals surface area contributed by atoms with Crippen LogP contribution in [0.2, 0.25) is 0 Å². The fraction of sp³-hybridized carbons (Fsp3) is 0.615. The summed E-state index contributed by atoms with van der Waals surface area (Å²) < 4.78 is 4.97. The number of nitrogens with one attached hydrogen (secondary N) is 1. The van der Waals surface area contributed by atoms with Gasteiger partial charge in [-0.2, -0.15) is 0 Å². The summed E-state index contributed by atoms with van der Waals surface area (Å²) in [6.07, 6.45) is -0.292. The summed E-state index contributed by atoms with van der Waals surface area (Å²) in [4.78, 5) is 34.3. The topological polar surface area (TPSA) is 78.5 Å². The Bertz CT molecular complexity index is 547. The van der Waals surface area contributed by atoms with Crippen LogP contribution in [0.15, 0.2) is 4.79 Å². The molecule has 7 nitrogen and oxygen atoms in total. The molecule has 2 heterocycles. The summed E-state index contributed by atoms with van der Waals surface area (Å²) in [6, 6.07) is 0. The van der Waals surface area contributed by atoms with Crippen molar-refractivity contribution in [2.45, 2.75) is 20.8 Å². The number of H-pyrrole nitrogens is 1. The second-order valence-electron chi connectivity index (χ2n) is 4.76. The van der Waals surface area contributed by atoms with Crippen molar-refractivity contribution in [1.29, 1.82) is 0 Å². The van der Waals surface area contributed by atoms with Crippen molar-refractivity contribution in [2.75, 3.05) is 37.7 Å². The molecule has 1 saturated heterocycles. The summed E-state index contributed by atoms with van der Waals surface area (Å²) in [5.41, 5.74) is 1.19. The van der Waals surface area contributed by atoms with Gasteiger partial charge in [0.25, 0.3) is 5.56 Å². The summed E-state index contributed by atoms with van der Waals surface area (Å²) in [7, 11) is 0. The molecule has 0 spiro atoms. The van der Waals surface area contributed by atoms with Gasteiger partial charge >= 0.3 is 6.09 Å². The standard InChI is InChI=1S/C13H20N4O3/c1-4-20-13(19)17-7-5-16(6-8-17)11-9(2)14-10(3)15-12(11)18/h4-8H2,1-3H3,(H,14,15,18). The zero-order valence-corrected chi connectivity index (χ0v) is 12.1. The van der Waals surface area contributed by atoms with E-state index in [9.17, 15) is 9.59 Å². The van der Waals surface area contributed by atoms with Crippen LogP contribution in [0, 0.1) is 13.8 Å². The van der Waals surface area contributed by atoms with Gasteiger partial charge in [0.15, 0.2) is 0 Å². The van der Waals surface area contributed by atoms with Crippen molar-refractivity contribution < 1.29 is 9.53 Å². The second-order valence-corrected chi connectivity index (χ2v) is 4.76. The van der Waals surface area contributed by atoms with E-state index in [0.29, 0.717) is 44.3 Å². The molecule has 0 bridgehead atoms. The van der Waals surface area contributed by atoms with E-state index < -0.39 is 0 Å². The molecule has 0 unspecified atom stereocenters. The van der Waals surface area contributed by atoms with Gasteiger partial charge in [-0.15, -0.1) is 0 Å². The highest BCUT2D eigenvalue weighted by Gasteiger charge is 2.24. The summed E-state index contributed by atoms with van der Waals surface area (Å²) in [6.45, 7) is 8.05. The van der Waals surface area contributed by atoms with Crippen molar-refractivity contribution >= 4 is 11.8 Å². The smallest absolute Gasteiger partial charge is 0.409 e. The number of amides is 1. The predicted octanol–water partition coefficient (Wildman–Crippen LogP) is 0.665. The van der Waals surface area contributed by atoms with Gasteiger partial charge < -0.3 is 19.5 Å². The number of aryl methyl sites for hydroxylation is 2. The lowest BCUT2D eigenvalue weighted by molar-refractivity contribution is 0.105. The summed E-state index contributed by atoms with van der Waals surface area (Å²) in [5.74, 6) is 0.612. The molecule has 0 saturated carbocycles. The first-order valence-corrected chi connectivity index (χ1v) is 6.77. The molecule has 1 aromatic heterocycles. The Morgan fingerprint density at radius 2 is 1.95 bits per heavy atom. The van der Waals surface area contributed by atoms with Gasteiger partial charge in [-0.1, -0.05) is 0 Å². The van der Waals surface area contributed by atoms with Crippen LogP contribution in [0.4, 0.5) is 10.5 Å². The largest absolute Gasteiger partial charge is 0.450 e. The van der Waals surface area contributed by atoms with Gasteiger partial charge in [0.05, 0.1) is 12.3 Å². The number of aromatic amines is 1. The molecule has 0 aromatic carbocycles. The predicted molar refractivity (Wildman–Crippen MR) is 75.1 cm³/mol. The third-order valence-corrected chi connectivity index (χ3v) is 3.31. The molecule has 7 heteroatoms. The first-order valence-electron chi connectivity index (χ1n) is 6.77. The minimum atomic E-state index is -0.292. The van der Waals surface area contributed by atoms with Crippen LogP contribution >= 0.6 is 0 Å². The Labute approximate surface area is 117 Å². The molecule has 1 aromatic rings. The Kier molecular flexibility index (Phi) is 4.26. The number of hydrogen-bond donors (Lipinski definition) is 1. The van der Waals surface area contributed by atoms with Crippen LogP contribution in [0.25, 0.3) is 0 Å². The lowest BCUT2D eigenvalue weighted by Crippen LogP contribution is -2.50. The van der Waals surface area contributed by atoms with E-state index in [-0.39, 0.29) is 11.7 Å². The maximum absolute atomic E-state index is 12.0. The zero-order chi connectivity index (χ0) is 14.7. The summed E-state index contributed by atoms with van der Waals surface area (Å²) in [5, 5.41) is 0. The van der Waals surface area contributed by atoms with Crippen LogP contribution < -0.4 is 10.5 Å². The molecule has 20 heavy (non-hydrogen) atoms. The average Bonchev–Trinajstić information content (AvgIpc) is 2.38. The number of aromatic nitrogens is 2. The molecule has 2 rings (SSSR count). The quantitative estimate of drug-likeness (QED) is 0.861. The number of carbonyl (C=O) groups is 1. The SMILES string of the molecule is CCOC(=O)N1CCN(c2c(C)nc(C)[nH]c2=O)CC1. The fourth-order valence-electron chi connectivity index (χ4n) is 2.42. The maximum atomic E-state index is 12.0. The number of hydrogen-bond acceptors (Lipinski definition) is 5. The zero-order valence-electron chi connectivity index (χ0n) is 12.1. The molecule has 0 radical (unpaired) electrons. The minimum absolute atomic E-state index is 0.125. The van der Waals surface area contributed by atoms with Gasteiger partial charge in [0.1, 0.15) is 11.5 Å². The molecule has 110 valence electrons. The molecule has 1 aliphatic rings. The van der Waals surface area contributed by atoms with Gasteiger partial charge in [0.2, 0.25) is 0 Å². The summed E-state index contributed by atoms with van der Waals surface area (Å²) >= 11 is 0. The Morgan fingerprint density at radius 3 is 2.50 bits per heavy atom. The van der Waals surface area contributed by atoms with E-state index >= 15 is 0 Å². The Balaban J connectivity index is 2.08. The first-order chi connectivity index (χ1) is 9.52. The van der Waals surface area contributed by atoms with E-state index in [4.69, 9.17) is 4.74 Å². The number of nitrogens with zero attached hydrogens (tertiary/aromatic N) is 3. The van der Waals surface area contributed by atoms with Crippen molar-refractivity contribution in [3.8, 4) is 0 Å². The Hall–Kier alpha value is -2.05. The fourth-order valence-corrected chi connectivity index (χ4v) is 2.42. The highest BCUT2D eigenvalue weighted by molar-refractivity contribution is 5.68. The van der Waals surface area contributed by atoms with E-state index in [0.717, 1.165) is 5.69 Å². The minimum Gasteiger partial charge on any atom is -0.450 e. The van der Waals surface area contributed by atoms with Gasteiger partial charge in [0, 0.05) is 26.2 Å². The third-order valence-electron chi connectivity index (χ3n) is 3.31. The van der Waals surface area contributed by atoms with E-state index in [2.05, 4.69) is 9.97 Å². The number of anilines is 1. The van der Waals surface area contributed by atoms with Gasteiger partial charge in [-0.25, -0.2) is 9.78 Å². The van der Waals surface area contributed by atoms with E-state index in [1.807, 2.05) is 11.8 Å². The lowest BCUT2D eigenvalue weighted by atomic mass is 10.2. The Morgan fingerprint density at radius 1 is 1.30 bits per heavy atom. The molecule has 1 N–H and O–H groups in total. The van der Waals surface area contributed by atoms with Gasteiger partial charge in [-0.3, -0.25) is 4.79 Å². The molecule has 0 aliphatic carbocycles. The van der Waals surface area contributed by atoms with E-state index in [1.165, 1.54) is 0 Å². The molecular weight excluding hydrogens is 260 g/mol. The number of carbonyl (C=O) groups excluding carboxylic acids is 1. The second kappa shape index (κ2) is 5.94. The maximum Gasteiger partial charge on any atom is 0.409 e. The van der Waals surface area contributed by atoms with Crippen LogP contribution in [0.3, 0.4) is 0 Å². The van der Waals surface area contributed by atoms with Crippen molar-refractivity contribution in [1.82, 2.24) is 14.9 Å². The highest BCUT2D eigenvalue weighted by atomic mass is 16.6. The lowest BCUT2D eigenvalue weighted by Gasteiger charge is -2.35. The van der Waals surface area contributed by atoms with Crippen LogP contribution in [0.5, 0.6) is 0 Å². The van der Waals surface area contributed by atoms with Crippen molar-refractivity contribution in [3.05, 3.63) is 21.9 Å². The van der Waals surface area contributed by atoms with Crippen molar-refractivity contribution in [2.24, 2.45) is 0 Å². The first kappa shape index (κ1) is 14.4. The third kappa shape index (κ3) is 2.92. The number of rotatable bonds is 2. The molecule has 0 atom stereocenters. The monoisotopic (exact) mass is 280 g/mol. The molecule has 1 amide bonds. The van der Waals surface area contributed by atoms with E-state index in [1.54, 1.807) is 18.7 Å². The van der Waals surface area contributed by atoms with Gasteiger partial charge in [-0.05, 0) is 20.8 Å². The van der Waals surface area contributed by atoms with Crippen LogP contribution in [-0.4, -0.2) is 53.7 Å². The highest BCUT2D eigenvalue weighted by Crippen LogP contribution is 2.15. The molecule has 1 aliphatic heterocycles.